The zero-order chi connectivity index (χ0) is 18.8. The summed E-state index contributed by atoms with van der Waals surface area (Å²) in [5.74, 6) is 2.78. The van der Waals surface area contributed by atoms with Gasteiger partial charge >= 0.3 is 0 Å². The third-order valence-electron chi connectivity index (χ3n) is 3.94. The maximum absolute atomic E-state index is 8.85. The van der Waals surface area contributed by atoms with E-state index < -0.39 is 0 Å². The fraction of sp³-hybridized carbons (Fsp3) is 0.400. The number of benzene rings is 2. The van der Waals surface area contributed by atoms with E-state index in [2.05, 4.69) is 5.32 Å². The van der Waals surface area contributed by atoms with Crippen molar-refractivity contribution in [1.82, 2.24) is 5.32 Å². The first-order chi connectivity index (χ1) is 12.7. The summed E-state index contributed by atoms with van der Waals surface area (Å²) in [7, 11) is 4.88. The first-order valence-electron chi connectivity index (χ1n) is 8.54. The van der Waals surface area contributed by atoms with E-state index >= 15 is 0 Å². The van der Waals surface area contributed by atoms with Crippen molar-refractivity contribution in [3.63, 3.8) is 0 Å². The maximum Gasteiger partial charge on any atom is 0.161 e. The molecule has 0 atom stereocenters. The fourth-order valence-corrected chi connectivity index (χ4v) is 2.60. The molecule has 0 unspecified atom stereocenters. The van der Waals surface area contributed by atoms with E-state index in [1.807, 2.05) is 36.4 Å². The van der Waals surface area contributed by atoms with Crippen molar-refractivity contribution in [2.75, 3.05) is 41.1 Å². The highest BCUT2D eigenvalue weighted by molar-refractivity contribution is 5.43. The smallest absolute Gasteiger partial charge is 0.161 e. The zero-order valence-electron chi connectivity index (χ0n) is 15.6. The van der Waals surface area contributed by atoms with Crippen molar-refractivity contribution in [2.24, 2.45) is 0 Å². The molecular weight excluding hydrogens is 334 g/mol. The van der Waals surface area contributed by atoms with Crippen molar-refractivity contribution >= 4 is 0 Å². The van der Waals surface area contributed by atoms with Gasteiger partial charge in [-0.2, -0.15) is 0 Å². The third kappa shape index (κ3) is 5.54. The minimum atomic E-state index is -0.0252. The Balaban J connectivity index is 1.86. The van der Waals surface area contributed by atoms with Crippen LogP contribution in [0.25, 0.3) is 0 Å². The number of hydrogen-bond acceptors (Lipinski definition) is 6. The van der Waals surface area contributed by atoms with Crippen LogP contribution < -0.4 is 24.3 Å². The second-order valence-corrected chi connectivity index (χ2v) is 5.67. The van der Waals surface area contributed by atoms with Gasteiger partial charge in [-0.3, -0.25) is 0 Å². The molecule has 2 aromatic rings. The summed E-state index contributed by atoms with van der Waals surface area (Å²) >= 11 is 0. The Kier molecular flexibility index (Phi) is 8.05. The van der Waals surface area contributed by atoms with Gasteiger partial charge in [0.05, 0.1) is 27.9 Å². The molecule has 0 saturated carbocycles. The van der Waals surface area contributed by atoms with Crippen molar-refractivity contribution in [3.8, 4) is 23.0 Å². The summed E-state index contributed by atoms with van der Waals surface area (Å²) in [5.41, 5.74) is 2.28. The monoisotopic (exact) mass is 361 g/mol. The largest absolute Gasteiger partial charge is 0.493 e. The summed E-state index contributed by atoms with van der Waals surface area (Å²) in [6.45, 7) is 1.78. The molecule has 142 valence electrons. The second-order valence-electron chi connectivity index (χ2n) is 5.67. The number of aliphatic hydroxyl groups excluding tert-OH is 1. The molecule has 6 heteroatoms. The molecule has 26 heavy (non-hydrogen) atoms. The number of rotatable bonds is 11. The number of ether oxygens (including phenoxy) is 4. The molecule has 0 fully saturated rings. The predicted octanol–water partition coefficient (Wildman–Crippen LogP) is 2.42. The molecule has 2 aromatic carbocycles. The second kappa shape index (κ2) is 10.5. The number of nitrogens with one attached hydrogen (secondary N) is 1. The van der Waals surface area contributed by atoms with Crippen LogP contribution in [-0.4, -0.2) is 46.2 Å². The molecule has 0 amide bonds. The SMILES string of the molecule is COc1ccc(CCNCc2ccc(OCCO)c(OC)c2)cc1OC. The molecule has 0 aliphatic heterocycles. The van der Waals surface area contributed by atoms with Crippen molar-refractivity contribution in [3.05, 3.63) is 47.5 Å². The van der Waals surface area contributed by atoms with Gasteiger partial charge in [-0.1, -0.05) is 12.1 Å². The lowest BCUT2D eigenvalue weighted by atomic mass is 10.1. The summed E-state index contributed by atoms with van der Waals surface area (Å²) in [6, 6.07) is 11.7. The average molecular weight is 361 g/mol. The van der Waals surface area contributed by atoms with E-state index in [-0.39, 0.29) is 13.2 Å². The van der Waals surface area contributed by atoms with E-state index in [9.17, 15) is 0 Å². The summed E-state index contributed by atoms with van der Waals surface area (Å²) in [4.78, 5) is 0. The van der Waals surface area contributed by atoms with Crippen molar-refractivity contribution < 1.29 is 24.1 Å². The van der Waals surface area contributed by atoms with E-state index in [0.717, 1.165) is 36.6 Å². The van der Waals surface area contributed by atoms with Crippen LogP contribution in [0.3, 0.4) is 0 Å². The topological polar surface area (TPSA) is 69.2 Å². The highest BCUT2D eigenvalue weighted by Crippen LogP contribution is 2.28. The lowest BCUT2D eigenvalue weighted by Crippen LogP contribution is -2.16. The van der Waals surface area contributed by atoms with Gasteiger partial charge in [-0.05, 0) is 48.4 Å². The molecule has 0 aromatic heterocycles. The van der Waals surface area contributed by atoms with Gasteiger partial charge in [-0.15, -0.1) is 0 Å². The molecule has 0 aliphatic rings. The molecule has 0 saturated heterocycles. The Morgan fingerprint density at radius 3 is 2.12 bits per heavy atom. The first kappa shape index (κ1) is 19.9. The van der Waals surface area contributed by atoms with Gasteiger partial charge in [-0.25, -0.2) is 0 Å². The van der Waals surface area contributed by atoms with Gasteiger partial charge in [0.2, 0.25) is 0 Å². The average Bonchev–Trinajstić information content (AvgIpc) is 2.69. The highest BCUT2D eigenvalue weighted by Gasteiger charge is 2.07. The molecule has 0 radical (unpaired) electrons. The number of hydrogen-bond donors (Lipinski definition) is 2. The van der Waals surface area contributed by atoms with Gasteiger partial charge in [0, 0.05) is 6.54 Å². The number of methoxy groups -OCH3 is 3. The maximum atomic E-state index is 8.85. The molecular formula is C20H27NO5. The summed E-state index contributed by atoms with van der Waals surface area (Å²) in [5, 5.41) is 12.3. The standard InChI is InChI=1S/C20H27NO5/c1-23-17-6-4-15(12-19(17)24-2)8-9-21-14-16-5-7-18(26-11-10-22)20(13-16)25-3/h4-7,12-13,21-22H,8-11,14H2,1-3H3. The Hall–Kier alpha value is -2.44. The first-order valence-corrected chi connectivity index (χ1v) is 8.54. The molecule has 0 aliphatic carbocycles. The van der Waals surface area contributed by atoms with E-state index in [4.69, 9.17) is 24.1 Å². The van der Waals surface area contributed by atoms with Crippen LogP contribution >= 0.6 is 0 Å². The van der Waals surface area contributed by atoms with Crippen molar-refractivity contribution in [1.29, 1.82) is 0 Å². The third-order valence-corrected chi connectivity index (χ3v) is 3.94. The van der Waals surface area contributed by atoms with Crippen molar-refractivity contribution in [2.45, 2.75) is 13.0 Å². The van der Waals surface area contributed by atoms with Crippen LogP contribution in [-0.2, 0) is 13.0 Å². The minimum Gasteiger partial charge on any atom is -0.493 e. The molecule has 0 spiro atoms. The zero-order valence-corrected chi connectivity index (χ0v) is 15.6. The van der Waals surface area contributed by atoms with Gasteiger partial charge in [0.15, 0.2) is 23.0 Å². The van der Waals surface area contributed by atoms with Gasteiger partial charge in [0.1, 0.15) is 6.61 Å². The minimum absolute atomic E-state index is 0.0252. The Morgan fingerprint density at radius 2 is 1.42 bits per heavy atom. The van der Waals surface area contributed by atoms with Gasteiger partial charge < -0.3 is 29.4 Å². The Morgan fingerprint density at radius 1 is 0.808 bits per heavy atom. The van der Waals surface area contributed by atoms with E-state index in [0.29, 0.717) is 11.5 Å². The van der Waals surface area contributed by atoms with Gasteiger partial charge in [0.25, 0.3) is 0 Å². The summed E-state index contributed by atoms with van der Waals surface area (Å²) < 4.78 is 21.4. The van der Waals surface area contributed by atoms with Crippen LogP contribution in [0.5, 0.6) is 23.0 Å². The van der Waals surface area contributed by atoms with Crippen LogP contribution in [0.4, 0.5) is 0 Å². The quantitative estimate of drug-likeness (QED) is 0.599. The predicted molar refractivity (Wildman–Crippen MR) is 101 cm³/mol. The van der Waals surface area contributed by atoms with E-state index in [1.54, 1.807) is 21.3 Å². The Bertz CT molecular complexity index is 690. The number of aliphatic hydroxyl groups is 1. The highest BCUT2D eigenvalue weighted by atomic mass is 16.5. The van der Waals surface area contributed by atoms with Crippen LogP contribution in [0.2, 0.25) is 0 Å². The lowest BCUT2D eigenvalue weighted by molar-refractivity contribution is 0.196. The molecule has 0 heterocycles. The van der Waals surface area contributed by atoms with Crippen LogP contribution in [0.15, 0.2) is 36.4 Å². The molecule has 2 rings (SSSR count). The van der Waals surface area contributed by atoms with Crippen LogP contribution in [0.1, 0.15) is 11.1 Å². The molecule has 0 bridgehead atoms. The lowest BCUT2D eigenvalue weighted by Gasteiger charge is -2.12. The normalized spacial score (nSPS) is 10.5. The Labute approximate surface area is 154 Å². The van der Waals surface area contributed by atoms with E-state index in [1.165, 1.54) is 5.56 Å². The summed E-state index contributed by atoms with van der Waals surface area (Å²) in [6.07, 6.45) is 0.884. The fourth-order valence-electron chi connectivity index (χ4n) is 2.60. The molecule has 6 nitrogen and oxygen atoms in total. The molecule has 2 N–H and O–H groups in total. The van der Waals surface area contributed by atoms with Crippen LogP contribution in [0, 0.1) is 0 Å².